The van der Waals surface area contributed by atoms with Gasteiger partial charge in [0.2, 0.25) is 0 Å². The monoisotopic (exact) mass is 309 g/mol. The number of hydrogen-bond donors (Lipinski definition) is 1. The van der Waals surface area contributed by atoms with Crippen LogP contribution in [0.1, 0.15) is 30.5 Å². The van der Waals surface area contributed by atoms with Crippen LogP contribution >= 0.6 is 0 Å². The minimum Gasteiger partial charge on any atom is -0.384 e. The summed E-state index contributed by atoms with van der Waals surface area (Å²) in [5.41, 5.74) is 1.39. The maximum absolute atomic E-state index is 11.5. The Bertz CT molecular complexity index is 632. The van der Waals surface area contributed by atoms with Gasteiger partial charge < -0.3 is 5.11 Å². The van der Waals surface area contributed by atoms with Crippen LogP contribution in [-0.4, -0.2) is 33.1 Å². The van der Waals surface area contributed by atoms with E-state index in [1.165, 1.54) is 6.42 Å². The van der Waals surface area contributed by atoms with Crippen LogP contribution in [0.5, 0.6) is 0 Å². The molecule has 4 heteroatoms. The topological polar surface area (TPSA) is 49.3 Å². The number of rotatable bonds is 3. The van der Waals surface area contributed by atoms with Crippen LogP contribution < -0.4 is 0 Å². The zero-order valence-electron chi connectivity index (χ0n) is 13.3. The zero-order chi connectivity index (χ0) is 15.7. The van der Waals surface area contributed by atoms with Gasteiger partial charge in [0.15, 0.2) is 0 Å². The molecule has 23 heavy (non-hydrogen) atoms. The van der Waals surface area contributed by atoms with Crippen molar-refractivity contribution in [3.05, 3.63) is 60.2 Å². The van der Waals surface area contributed by atoms with E-state index in [9.17, 15) is 5.11 Å². The van der Waals surface area contributed by atoms with Gasteiger partial charge in [-0.25, -0.2) is 0 Å². The Morgan fingerprint density at radius 1 is 1.09 bits per heavy atom. The first kappa shape index (κ1) is 14.8. The summed E-state index contributed by atoms with van der Waals surface area (Å²) in [6.07, 6.45) is 8.86. The van der Waals surface area contributed by atoms with Crippen LogP contribution in [0, 0.1) is 11.8 Å². The molecule has 0 aromatic carbocycles. The molecule has 120 valence electrons. The molecule has 2 aromatic heterocycles. The molecule has 2 atom stereocenters. The summed E-state index contributed by atoms with van der Waals surface area (Å²) in [6, 6.07) is 10.0. The second-order valence-corrected chi connectivity index (χ2v) is 6.91. The molecule has 4 rings (SSSR count). The first-order chi connectivity index (χ1) is 11.3. The van der Waals surface area contributed by atoms with Crippen LogP contribution in [0.15, 0.2) is 48.9 Å². The van der Waals surface area contributed by atoms with E-state index in [0.717, 1.165) is 43.7 Å². The van der Waals surface area contributed by atoms with Gasteiger partial charge in [-0.1, -0.05) is 18.6 Å². The average Bonchev–Trinajstić information content (AvgIpc) is 2.58. The highest BCUT2D eigenvalue weighted by atomic mass is 16.3. The van der Waals surface area contributed by atoms with E-state index in [4.69, 9.17) is 0 Å². The molecule has 1 saturated heterocycles. The van der Waals surface area contributed by atoms with Crippen molar-refractivity contribution in [3.63, 3.8) is 0 Å². The minimum absolute atomic E-state index is 0.280. The van der Waals surface area contributed by atoms with Crippen molar-refractivity contribution in [1.82, 2.24) is 14.9 Å². The molecule has 1 N–H and O–H groups in total. The molecule has 4 nitrogen and oxygen atoms in total. The predicted octanol–water partition coefficient (Wildman–Crippen LogP) is 2.60. The highest BCUT2D eigenvalue weighted by Gasteiger charge is 2.51. The quantitative estimate of drug-likeness (QED) is 0.947. The summed E-state index contributed by atoms with van der Waals surface area (Å²) in [7, 11) is 0. The summed E-state index contributed by atoms with van der Waals surface area (Å²) in [5, 5.41) is 11.5. The predicted molar refractivity (Wildman–Crippen MR) is 88.5 cm³/mol. The number of pyridine rings is 2. The number of fused-ring (bicyclic) bond motifs is 2. The highest BCUT2D eigenvalue weighted by molar-refractivity contribution is 5.23. The number of nitrogens with zero attached hydrogens (tertiary/aromatic N) is 3. The van der Waals surface area contributed by atoms with Crippen molar-refractivity contribution in [2.75, 3.05) is 13.1 Å². The molecule has 0 amide bonds. The third kappa shape index (κ3) is 2.66. The molecule has 0 radical (unpaired) electrons. The molecule has 1 aliphatic heterocycles. The van der Waals surface area contributed by atoms with E-state index in [1.54, 1.807) is 6.20 Å². The van der Waals surface area contributed by atoms with Crippen molar-refractivity contribution in [3.8, 4) is 0 Å². The number of aliphatic hydroxyl groups is 1. The van der Waals surface area contributed by atoms with E-state index >= 15 is 0 Å². The molecule has 2 aliphatic rings. The van der Waals surface area contributed by atoms with Crippen LogP contribution in [0.3, 0.4) is 0 Å². The van der Waals surface area contributed by atoms with Gasteiger partial charge in [0.1, 0.15) is 0 Å². The SMILES string of the molecule is OC1(c2cccnc2)C2CCCC1CN(Cc1ccccn1)C2. The summed E-state index contributed by atoms with van der Waals surface area (Å²) in [4.78, 5) is 11.1. The largest absolute Gasteiger partial charge is 0.384 e. The van der Waals surface area contributed by atoms with Crippen LogP contribution in [0.4, 0.5) is 0 Å². The second-order valence-electron chi connectivity index (χ2n) is 6.91. The Morgan fingerprint density at radius 2 is 1.91 bits per heavy atom. The van der Waals surface area contributed by atoms with Crippen LogP contribution in [0.25, 0.3) is 0 Å². The van der Waals surface area contributed by atoms with E-state index in [0.29, 0.717) is 0 Å². The molecule has 2 unspecified atom stereocenters. The fraction of sp³-hybridized carbons (Fsp3) is 0.474. The molecule has 1 saturated carbocycles. The van der Waals surface area contributed by atoms with Gasteiger partial charge in [0.05, 0.1) is 11.3 Å². The number of likely N-dealkylation sites (tertiary alicyclic amines) is 1. The van der Waals surface area contributed by atoms with E-state index in [2.05, 4.69) is 20.9 Å². The lowest BCUT2D eigenvalue weighted by molar-refractivity contribution is -0.148. The van der Waals surface area contributed by atoms with Crippen molar-refractivity contribution in [2.24, 2.45) is 11.8 Å². The maximum Gasteiger partial charge on any atom is 0.0991 e. The standard InChI is InChI=1S/C19H23N3O/c23-19(15-7-4-9-20-11-15)16-5-3-6-17(19)13-22(12-16)14-18-8-1-2-10-21-18/h1-2,4,7-11,16-17,23H,3,5-6,12-14H2. The van der Waals surface area contributed by atoms with Crippen molar-refractivity contribution < 1.29 is 5.11 Å². The lowest BCUT2D eigenvalue weighted by atomic mass is 9.63. The molecule has 2 bridgehead atoms. The van der Waals surface area contributed by atoms with E-state index < -0.39 is 5.60 Å². The number of piperidine rings is 1. The summed E-state index contributed by atoms with van der Waals surface area (Å²) in [5.74, 6) is 0.561. The fourth-order valence-electron chi connectivity index (χ4n) is 4.46. The van der Waals surface area contributed by atoms with Gasteiger partial charge in [0, 0.05) is 55.6 Å². The molecule has 2 fully saturated rings. The summed E-state index contributed by atoms with van der Waals surface area (Å²) in [6.45, 7) is 2.73. The Hall–Kier alpha value is -1.78. The second kappa shape index (κ2) is 6.02. The van der Waals surface area contributed by atoms with Crippen LogP contribution in [-0.2, 0) is 12.1 Å². The van der Waals surface area contributed by atoms with Gasteiger partial charge >= 0.3 is 0 Å². The molecular weight excluding hydrogens is 286 g/mol. The summed E-state index contributed by atoms with van der Waals surface area (Å²) >= 11 is 0. The first-order valence-corrected chi connectivity index (χ1v) is 8.52. The van der Waals surface area contributed by atoms with Gasteiger partial charge in [-0.15, -0.1) is 0 Å². The summed E-state index contributed by atoms with van der Waals surface area (Å²) < 4.78 is 0. The first-order valence-electron chi connectivity index (χ1n) is 8.52. The third-order valence-electron chi connectivity index (χ3n) is 5.54. The lowest BCUT2D eigenvalue weighted by Crippen LogP contribution is -2.57. The van der Waals surface area contributed by atoms with Crippen LogP contribution in [0.2, 0.25) is 0 Å². The normalized spacial score (nSPS) is 31.0. The van der Waals surface area contributed by atoms with E-state index in [1.807, 2.05) is 36.7 Å². The molecular formula is C19H23N3O. The van der Waals surface area contributed by atoms with Gasteiger partial charge in [-0.3, -0.25) is 14.9 Å². The number of hydrogen-bond acceptors (Lipinski definition) is 4. The minimum atomic E-state index is -0.715. The van der Waals surface area contributed by atoms with Crippen molar-refractivity contribution in [2.45, 2.75) is 31.4 Å². The maximum atomic E-state index is 11.5. The molecule has 1 aliphatic carbocycles. The smallest absolute Gasteiger partial charge is 0.0991 e. The molecule has 2 aromatic rings. The van der Waals surface area contributed by atoms with Crippen molar-refractivity contribution >= 4 is 0 Å². The Labute approximate surface area is 137 Å². The van der Waals surface area contributed by atoms with E-state index in [-0.39, 0.29) is 11.8 Å². The van der Waals surface area contributed by atoms with Crippen molar-refractivity contribution in [1.29, 1.82) is 0 Å². The Balaban J connectivity index is 1.57. The average molecular weight is 309 g/mol. The fourth-order valence-corrected chi connectivity index (χ4v) is 4.46. The Kier molecular flexibility index (Phi) is 3.87. The van der Waals surface area contributed by atoms with Gasteiger partial charge in [-0.2, -0.15) is 0 Å². The molecule has 3 heterocycles. The third-order valence-corrected chi connectivity index (χ3v) is 5.54. The highest BCUT2D eigenvalue weighted by Crippen LogP contribution is 2.49. The molecule has 0 spiro atoms. The van der Waals surface area contributed by atoms with Gasteiger partial charge in [0.25, 0.3) is 0 Å². The number of aromatic nitrogens is 2. The Morgan fingerprint density at radius 3 is 2.57 bits per heavy atom. The van der Waals surface area contributed by atoms with Gasteiger partial charge in [-0.05, 0) is 31.0 Å². The zero-order valence-corrected chi connectivity index (χ0v) is 13.3. The lowest BCUT2D eigenvalue weighted by Gasteiger charge is -2.53.